The highest BCUT2D eigenvalue weighted by atomic mass is 19.4. The number of ketones is 1. The summed E-state index contributed by atoms with van der Waals surface area (Å²) in [7, 11) is 0. The molecule has 17 heavy (non-hydrogen) atoms. The van der Waals surface area contributed by atoms with Gasteiger partial charge in [0, 0.05) is 23.7 Å². The van der Waals surface area contributed by atoms with E-state index in [1.807, 2.05) is 0 Å². The summed E-state index contributed by atoms with van der Waals surface area (Å²) in [4.78, 5) is 11.6. The Bertz CT molecular complexity index is 427. The molecule has 1 atom stereocenters. The minimum Gasteiger partial charge on any atom is -0.398 e. The average molecular weight is 246 g/mol. The molecule has 1 rings (SSSR count). The summed E-state index contributed by atoms with van der Waals surface area (Å²) in [5.74, 6) is -0.355. The maximum absolute atomic E-state index is 12.4. The van der Waals surface area contributed by atoms with E-state index in [1.54, 1.807) is 6.92 Å². The molecule has 0 saturated heterocycles. The third-order valence-corrected chi connectivity index (χ3v) is 2.19. The van der Waals surface area contributed by atoms with Gasteiger partial charge in [-0.2, -0.15) is 13.2 Å². The molecule has 0 saturated carbocycles. The molecule has 6 heteroatoms. The highest BCUT2D eigenvalue weighted by molar-refractivity contribution is 6.01. The SMILES string of the molecule is CC(N)CC(=O)c1ccc(C(F)(F)F)cc1N. The molecule has 0 fully saturated rings. The Kier molecular flexibility index (Phi) is 3.77. The van der Waals surface area contributed by atoms with Gasteiger partial charge in [0.15, 0.2) is 5.78 Å². The first kappa shape index (κ1) is 13.5. The molecule has 0 aliphatic heterocycles. The summed E-state index contributed by atoms with van der Waals surface area (Å²) in [6, 6.07) is 2.33. The van der Waals surface area contributed by atoms with Crippen molar-refractivity contribution in [3.63, 3.8) is 0 Å². The summed E-state index contributed by atoms with van der Waals surface area (Å²) in [6.45, 7) is 1.64. The van der Waals surface area contributed by atoms with E-state index in [4.69, 9.17) is 11.5 Å². The van der Waals surface area contributed by atoms with Crippen molar-refractivity contribution >= 4 is 11.5 Å². The van der Waals surface area contributed by atoms with Gasteiger partial charge in [0.1, 0.15) is 0 Å². The van der Waals surface area contributed by atoms with Crippen LogP contribution in [-0.2, 0) is 6.18 Å². The molecule has 0 aliphatic rings. The zero-order chi connectivity index (χ0) is 13.2. The number of benzene rings is 1. The number of nitrogen functional groups attached to an aromatic ring is 1. The largest absolute Gasteiger partial charge is 0.416 e. The third-order valence-electron chi connectivity index (χ3n) is 2.19. The molecule has 0 heterocycles. The number of carbonyl (C=O) groups excluding carboxylic acids is 1. The maximum atomic E-state index is 12.4. The second-order valence-electron chi connectivity index (χ2n) is 3.90. The van der Waals surface area contributed by atoms with Crippen LogP contribution in [0, 0.1) is 0 Å². The van der Waals surface area contributed by atoms with Crippen LogP contribution in [0.3, 0.4) is 0 Å². The van der Waals surface area contributed by atoms with Crippen molar-refractivity contribution in [1.82, 2.24) is 0 Å². The van der Waals surface area contributed by atoms with E-state index >= 15 is 0 Å². The van der Waals surface area contributed by atoms with Gasteiger partial charge in [-0.1, -0.05) is 0 Å². The van der Waals surface area contributed by atoms with Crippen LogP contribution in [-0.4, -0.2) is 11.8 Å². The lowest BCUT2D eigenvalue weighted by Crippen LogP contribution is -2.20. The Labute approximate surface area is 96.6 Å². The molecule has 4 N–H and O–H groups in total. The Hall–Kier alpha value is -1.56. The lowest BCUT2D eigenvalue weighted by atomic mass is 10.0. The summed E-state index contributed by atoms with van der Waals surface area (Å²) in [5.41, 5.74) is 9.91. The highest BCUT2D eigenvalue weighted by Crippen LogP contribution is 2.31. The first-order valence-electron chi connectivity index (χ1n) is 4.97. The van der Waals surface area contributed by atoms with Gasteiger partial charge in [0.05, 0.1) is 5.56 Å². The van der Waals surface area contributed by atoms with Gasteiger partial charge in [0.25, 0.3) is 0 Å². The lowest BCUT2D eigenvalue weighted by Gasteiger charge is -2.11. The number of halogens is 3. The van der Waals surface area contributed by atoms with Crippen LogP contribution < -0.4 is 11.5 Å². The summed E-state index contributed by atoms with van der Waals surface area (Å²) < 4.78 is 37.1. The van der Waals surface area contributed by atoms with Gasteiger partial charge >= 0.3 is 6.18 Å². The van der Waals surface area contributed by atoms with Gasteiger partial charge in [0.2, 0.25) is 0 Å². The summed E-state index contributed by atoms with van der Waals surface area (Å²) in [5, 5.41) is 0. The van der Waals surface area contributed by atoms with E-state index in [1.165, 1.54) is 0 Å². The number of carbonyl (C=O) groups is 1. The van der Waals surface area contributed by atoms with Crippen molar-refractivity contribution in [2.45, 2.75) is 25.6 Å². The van der Waals surface area contributed by atoms with E-state index in [0.717, 1.165) is 18.2 Å². The number of alkyl halides is 3. The normalized spacial score (nSPS) is 13.5. The third kappa shape index (κ3) is 3.45. The molecule has 1 aromatic rings. The van der Waals surface area contributed by atoms with Crippen molar-refractivity contribution in [1.29, 1.82) is 0 Å². The Morgan fingerprint density at radius 3 is 2.41 bits per heavy atom. The van der Waals surface area contributed by atoms with E-state index in [9.17, 15) is 18.0 Å². The number of rotatable bonds is 3. The lowest BCUT2D eigenvalue weighted by molar-refractivity contribution is -0.137. The van der Waals surface area contributed by atoms with Crippen LogP contribution in [0.4, 0.5) is 18.9 Å². The Morgan fingerprint density at radius 1 is 1.41 bits per heavy atom. The van der Waals surface area contributed by atoms with Crippen LogP contribution in [0.5, 0.6) is 0 Å². The zero-order valence-electron chi connectivity index (χ0n) is 9.21. The first-order chi connectivity index (χ1) is 7.71. The Morgan fingerprint density at radius 2 is 2.00 bits per heavy atom. The quantitative estimate of drug-likeness (QED) is 0.634. The average Bonchev–Trinajstić information content (AvgIpc) is 2.14. The van der Waals surface area contributed by atoms with Gasteiger partial charge in [-0.05, 0) is 25.1 Å². The second-order valence-corrected chi connectivity index (χ2v) is 3.90. The van der Waals surface area contributed by atoms with E-state index in [-0.39, 0.29) is 29.5 Å². The molecule has 0 bridgehead atoms. The maximum Gasteiger partial charge on any atom is 0.416 e. The molecule has 0 amide bonds. The monoisotopic (exact) mass is 246 g/mol. The molecule has 1 unspecified atom stereocenters. The van der Waals surface area contributed by atoms with E-state index in [0.29, 0.717) is 0 Å². The number of hydrogen-bond acceptors (Lipinski definition) is 3. The topological polar surface area (TPSA) is 69.1 Å². The van der Waals surface area contributed by atoms with Crippen LogP contribution in [0.1, 0.15) is 29.3 Å². The molecule has 0 radical (unpaired) electrons. The van der Waals surface area contributed by atoms with Crippen molar-refractivity contribution in [3.05, 3.63) is 29.3 Å². The first-order valence-corrected chi connectivity index (χ1v) is 4.97. The van der Waals surface area contributed by atoms with Gasteiger partial charge in [-0.25, -0.2) is 0 Å². The number of Topliss-reactive ketones (excluding diaryl/α,β-unsaturated/α-hetero) is 1. The van der Waals surface area contributed by atoms with Crippen LogP contribution in [0.15, 0.2) is 18.2 Å². The predicted octanol–water partition coefficient (Wildman–Crippen LogP) is 2.21. The molecule has 1 aromatic carbocycles. The number of anilines is 1. The molecule has 0 spiro atoms. The van der Waals surface area contributed by atoms with E-state index in [2.05, 4.69) is 0 Å². The minimum absolute atomic E-state index is 0.0512. The fourth-order valence-corrected chi connectivity index (χ4v) is 1.40. The fourth-order valence-electron chi connectivity index (χ4n) is 1.40. The van der Waals surface area contributed by atoms with Gasteiger partial charge in [-0.3, -0.25) is 4.79 Å². The second kappa shape index (κ2) is 4.75. The predicted molar refractivity (Wildman–Crippen MR) is 58.5 cm³/mol. The van der Waals surface area contributed by atoms with Crippen molar-refractivity contribution < 1.29 is 18.0 Å². The molecular formula is C11H13F3N2O. The Balaban J connectivity index is 3.02. The fraction of sp³-hybridized carbons (Fsp3) is 0.364. The summed E-state index contributed by atoms with van der Waals surface area (Å²) >= 11 is 0. The molecule has 0 aromatic heterocycles. The molecular weight excluding hydrogens is 233 g/mol. The van der Waals surface area contributed by atoms with Crippen LogP contribution in [0.2, 0.25) is 0 Å². The summed E-state index contributed by atoms with van der Waals surface area (Å²) in [6.07, 6.45) is -4.41. The standard InChI is InChI=1S/C11H13F3N2O/c1-6(15)4-10(17)8-3-2-7(5-9(8)16)11(12,13)14/h2-3,5-6H,4,15-16H2,1H3. The van der Waals surface area contributed by atoms with Crippen molar-refractivity contribution in [2.75, 3.05) is 5.73 Å². The molecule has 0 aliphatic carbocycles. The van der Waals surface area contributed by atoms with Crippen molar-refractivity contribution in [2.24, 2.45) is 5.73 Å². The molecule has 3 nitrogen and oxygen atoms in total. The van der Waals surface area contributed by atoms with Gasteiger partial charge in [-0.15, -0.1) is 0 Å². The number of hydrogen-bond donors (Lipinski definition) is 2. The van der Waals surface area contributed by atoms with Crippen LogP contribution in [0.25, 0.3) is 0 Å². The van der Waals surface area contributed by atoms with E-state index < -0.39 is 11.7 Å². The zero-order valence-corrected chi connectivity index (χ0v) is 9.21. The van der Waals surface area contributed by atoms with Crippen LogP contribution >= 0.6 is 0 Å². The highest BCUT2D eigenvalue weighted by Gasteiger charge is 2.31. The van der Waals surface area contributed by atoms with Gasteiger partial charge < -0.3 is 11.5 Å². The minimum atomic E-state index is -4.46. The molecule has 94 valence electrons. The number of nitrogens with two attached hydrogens (primary N) is 2. The van der Waals surface area contributed by atoms with Crippen molar-refractivity contribution in [3.8, 4) is 0 Å². The smallest absolute Gasteiger partial charge is 0.398 e.